The molecule has 124 valence electrons. The molecule has 2 atom stereocenters. The summed E-state index contributed by atoms with van der Waals surface area (Å²) in [6.07, 6.45) is 4.89. The van der Waals surface area contributed by atoms with Crippen molar-refractivity contribution in [1.82, 2.24) is 14.7 Å². The normalized spacial score (nSPS) is 19.5. The monoisotopic (exact) mass is 317 g/mol. The Bertz CT molecular complexity index is 648. The van der Waals surface area contributed by atoms with Crippen molar-refractivity contribution in [1.29, 1.82) is 0 Å². The van der Waals surface area contributed by atoms with E-state index in [1.54, 1.807) is 35.3 Å². The average Bonchev–Trinajstić information content (AvgIpc) is 3.26. The molecule has 3 heterocycles. The minimum atomic E-state index is -0.682. The highest BCUT2D eigenvalue weighted by molar-refractivity contribution is 5.93. The van der Waals surface area contributed by atoms with E-state index < -0.39 is 6.10 Å². The van der Waals surface area contributed by atoms with Gasteiger partial charge in [-0.15, -0.1) is 0 Å². The summed E-state index contributed by atoms with van der Waals surface area (Å²) in [5, 5.41) is 14.5. The molecule has 23 heavy (non-hydrogen) atoms. The summed E-state index contributed by atoms with van der Waals surface area (Å²) < 4.78 is 7.01. The van der Waals surface area contributed by atoms with E-state index >= 15 is 0 Å². The molecule has 0 spiro atoms. The van der Waals surface area contributed by atoms with Crippen molar-refractivity contribution in [2.75, 3.05) is 6.54 Å². The summed E-state index contributed by atoms with van der Waals surface area (Å²) in [4.78, 5) is 14.7. The van der Waals surface area contributed by atoms with Crippen LogP contribution < -0.4 is 0 Å². The highest BCUT2D eigenvalue weighted by Gasteiger charge is 2.33. The lowest BCUT2D eigenvalue weighted by Gasteiger charge is -2.26. The van der Waals surface area contributed by atoms with E-state index in [9.17, 15) is 9.90 Å². The third-order valence-electron chi connectivity index (χ3n) is 4.38. The lowest BCUT2D eigenvalue weighted by Crippen LogP contribution is -2.37. The predicted molar refractivity (Wildman–Crippen MR) is 85.0 cm³/mol. The van der Waals surface area contributed by atoms with Gasteiger partial charge in [0.2, 0.25) is 0 Å². The summed E-state index contributed by atoms with van der Waals surface area (Å²) in [6, 6.07) is 5.45. The molecule has 1 fully saturated rings. The summed E-state index contributed by atoms with van der Waals surface area (Å²) in [6.45, 7) is 4.73. The Morgan fingerprint density at radius 3 is 3.00 bits per heavy atom. The summed E-state index contributed by atoms with van der Waals surface area (Å²) in [7, 11) is 0. The van der Waals surface area contributed by atoms with Crippen LogP contribution in [0, 0.1) is 0 Å². The van der Waals surface area contributed by atoms with E-state index in [0.29, 0.717) is 17.9 Å². The molecule has 6 heteroatoms. The zero-order valence-electron chi connectivity index (χ0n) is 13.6. The molecule has 0 radical (unpaired) electrons. The van der Waals surface area contributed by atoms with E-state index in [4.69, 9.17) is 4.42 Å². The highest BCUT2D eigenvalue weighted by atomic mass is 16.4. The largest absolute Gasteiger partial charge is 0.467 e. The molecule has 6 nitrogen and oxygen atoms in total. The van der Waals surface area contributed by atoms with Crippen LogP contribution in [0.4, 0.5) is 0 Å². The maximum atomic E-state index is 12.9. The second-order valence-electron chi connectivity index (χ2n) is 6.32. The van der Waals surface area contributed by atoms with Gasteiger partial charge in [0, 0.05) is 31.2 Å². The van der Waals surface area contributed by atoms with E-state index in [0.717, 1.165) is 19.4 Å². The van der Waals surface area contributed by atoms with Gasteiger partial charge >= 0.3 is 0 Å². The summed E-state index contributed by atoms with van der Waals surface area (Å²) >= 11 is 0. The number of aromatic nitrogens is 2. The number of furan rings is 1. The molecule has 2 aromatic rings. The first-order valence-electron chi connectivity index (χ1n) is 8.14. The molecule has 1 saturated heterocycles. The zero-order chi connectivity index (χ0) is 16.4. The molecule has 1 aliphatic heterocycles. The Hall–Kier alpha value is -2.08. The Balaban J connectivity index is 1.73. The van der Waals surface area contributed by atoms with Crippen LogP contribution in [-0.2, 0) is 0 Å². The molecular formula is C17H23N3O3. The van der Waals surface area contributed by atoms with Gasteiger partial charge in [-0.2, -0.15) is 5.10 Å². The maximum absolute atomic E-state index is 12.9. The second-order valence-corrected chi connectivity index (χ2v) is 6.32. The predicted octanol–water partition coefficient (Wildman–Crippen LogP) is 2.79. The quantitative estimate of drug-likeness (QED) is 0.920. The van der Waals surface area contributed by atoms with Crippen LogP contribution in [0.25, 0.3) is 0 Å². The van der Waals surface area contributed by atoms with Crippen molar-refractivity contribution in [2.24, 2.45) is 0 Å². The van der Waals surface area contributed by atoms with Crippen LogP contribution in [0.5, 0.6) is 0 Å². The standard InChI is InChI=1S/C17H23N3O3/c1-12(2)20-14(7-8-18-20)17(22)19-9-3-5-13(19)11-15(21)16-6-4-10-23-16/h4,6-8,10,12-13,15,21H,3,5,9,11H2,1-2H3. The fraction of sp³-hybridized carbons (Fsp3) is 0.529. The first-order valence-corrected chi connectivity index (χ1v) is 8.14. The van der Waals surface area contributed by atoms with Gasteiger partial charge in [0.25, 0.3) is 5.91 Å². The van der Waals surface area contributed by atoms with Gasteiger partial charge in [-0.3, -0.25) is 9.48 Å². The van der Waals surface area contributed by atoms with Gasteiger partial charge in [0.1, 0.15) is 17.6 Å². The molecule has 2 unspecified atom stereocenters. The highest BCUT2D eigenvalue weighted by Crippen LogP contribution is 2.29. The van der Waals surface area contributed by atoms with Gasteiger partial charge in [-0.25, -0.2) is 0 Å². The SMILES string of the molecule is CC(C)n1nccc1C(=O)N1CCCC1CC(O)c1ccco1. The first kappa shape index (κ1) is 15.8. The Morgan fingerprint density at radius 2 is 2.30 bits per heavy atom. The molecule has 1 amide bonds. The minimum Gasteiger partial charge on any atom is -0.467 e. The Labute approximate surface area is 135 Å². The zero-order valence-corrected chi connectivity index (χ0v) is 13.6. The summed E-state index contributed by atoms with van der Waals surface area (Å²) in [5.74, 6) is 0.543. The van der Waals surface area contributed by atoms with Crippen molar-refractivity contribution in [3.8, 4) is 0 Å². The van der Waals surface area contributed by atoms with Crippen molar-refractivity contribution in [3.05, 3.63) is 42.1 Å². The van der Waals surface area contributed by atoms with Gasteiger partial charge in [-0.05, 0) is 44.9 Å². The number of nitrogens with zero attached hydrogens (tertiary/aromatic N) is 3. The number of likely N-dealkylation sites (tertiary alicyclic amines) is 1. The van der Waals surface area contributed by atoms with Crippen molar-refractivity contribution < 1.29 is 14.3 Å². The fourth-order valence-electron chi connectivity index (χ4n) is 3.25. The Morgan fingerprint density at radius 1 is 1.48 bits per heavy atom. The molecule has 1 N–H and O–H groups in total. The molecule has 0 bridgehead atoms. The molecule has 2 aromatic heterocycles. The molecule has 0 aliphatic carbocycles. The number of amides is 1. The first-order chi connectivity index (χ1) is 11.1. The lowest BCUT2D eigenvalue weighted by atomic mass is 10.0. The third kappa shape index (κ3) is 3.17. The van der Waals surface area contributed by atoms with Crippen molar-refractivity contribution in [3.63, 3.8) is 0 Å². The maximum Gasteiger partial charge on any atom is 0.272 e. The minimum absolute atomic E-state index is 0.00894. The number of carbonyl (C=O) groups excluding carboxylic acids is 1. The van der Waals surface area contributed by atoms with Gasteiger partial charge in [0.05, 0.1) is 6.26 Å². The van der Waals surface area contributed by atoms with Crippen molar-refractivity contribution >= 4 is 5.91 Å². The van der Waals surface area contributed by atoms with E-state index in [1.807, 2.05) is 18.7 Å². The molecule has 3 rings (SSSR count). The average molecular weight is 317 g/mol. The number of rotatable bonds is 5. The number of hydrogen-bond acceptors (Lipinski definition) is 4. The molecule has 0 aromatic carbocycles. The number of carbonyl (C=O) groups is 1. The summed E-state index contributed by atoms with van der Waals surface area (Å²) in [5.41, 5.74) is 0.611. The number of hydrogen-bond donors (Lipinski definition) is 1. The smallest absolute Gasteiger partial charge is 0.272 e. The van der Waals surface area contributed by atoms with Gasteiger partial charge < -0.3 is 14.4 Å². The van der Waals surface area contributed by atoms with E-state index in [-0.39, 0.29) is 18.0 Å². The van der Waals surface area contributed by atoms with Gasteiger partial charge in [-0.1, -0.05) is 0 Å². The molecular weight excluding hydrogens is 294 g/mol. The molecule has 0 saturated carbocycles. The van der Waals surface area contributed by atoms with E-state index in [1.165, 1.54) is 0 Å². The van der Waals surface area contributed by atoms with Crippen LogP contribution >= 0.6 is 0 Å². The van der Waals surface area contributed by atoms with Crippen LogP contribution in [0.15, 0.2) is 35.1 Å². The fourth-order valence-corrected chi connectivity index (χ4v) is 3.25. The lowest BCUT2D eigenvalue weighted by molar-refractivity contribution is 0.0628. The number of aliphatic hydroxyl groups is 1. The van der Waals surface area contributed by atoms with E-state index in [2.05, 4.69) is 5.10 Å². The van der Waals surface area contributed by atoms with Crippen LogP contribution in [0.3, 0.4) is 0 Å². The van der Waals surface area contributed by atoms with Crippen LogP contribution in [0.2, 0.25) is 0 Å². The number of aliphatic hydroxyl groups excluding tert-OH is 1. The van der Waals surface area contributed by atoms with Crippen LogP contribution in [0.1, 0.15) is 61.5 Å². The second kappa shape index (κ2) is 6.58. The van der Waals surface area contributed by atoms with Crippen LogP contribution in [-0.4, -0.2) is 38.3 Å². The Kier molecular flexibility index (Phi) is 4.52. The van der Waals surface area contributed by atoms with Gasteiger partial charge in [0.15, 0.2) is 0 Å². The molecule has 1 aliphatic rings. The topological polar surface area (TPSA) is 71.5 Å². The third-order valence-corrected chi connectivity index (χ3v) is 4.38. The van der Waals surface area contributed by atoms with Crippen molar-refractivity contribution in [2.45, 2.75) is 51.3 Å².